The van der Waals surface area contributed by atoms with Gasteiger partial charge in [-0.3, -0.25) is 10.1 Å². The van der Waals surface area contributed by atoms with E-state index in [2.05, 4.69) is 36.1 Å². The highest BCUT2D eigenvalue weighted by atomic mass is 16.6. The van der Waals surface area contributed by atoms with Gasteiger partial charge in [0.2, 0.25) is 0 Å². The van der Waals surface area contributed by atoms with Crippen molar-refractivity contribution in [2.45, 2.75) is 51.0 Å². The topological polar surface area (TPSA) is 124 Å². The van der Waals surface area contributed by atoms with Gasteiger partial charge in [-0.25, -0.2) is 9.59 Å². The van der Waals surface area contributed by atoms with Gasteiger partial charge in [0.05, 0.1) is 21.5 Å². The van der Waals surface area contributed by atoms with Crippen LogP contribution in [0.25, 0.3) is 0 Å². The fourth-order valence-electron chi connectivity index (χ4n) is 6.49. The summed E-state index contributed by atoms with van der Waals surface area (Å²) in [6.45, 7) is 5.73. The number of aliphatic carboxylic acids is 2. The highest BCUT2D eigenvalue weighted by Crippen LogP contribution is 2.50. The van der Waals surface area contributed by atoms with E-state index in [9.17, 15) is 29.9 Å². The van der Waals surface area contributed by atoms with Gasteiger partial charge in [-0.1, -0.05) is 72.8 Å². The Morgan fingerprint density at radius 2 is 1.39 bits per heavy atom. The zero-order valence-corrected chi connectivity index (χ0v) is 25.7. The molecule has 9 nitrogen and oxygen atoms in total. The zero-order valence-electron chi connectivity index (χ0n) is 25.7. The molecule has 0 bridgehead atoms. The number of carboxylic acid groups (broad SMARTS) is 2. The molecule has 3 aromatic carbocycles. The number of carboxylic acids is 2. The summed E-state index contributed by atoms with van der Waals surface area (Å²) < 4.78 is 0. The molecule has 0 amide bonds. The van der Waals surface area contributed by atoms with Crippen LogP contribution in [0.5, 0.6) is 0 Å². The van der Waals surface area contributed by atoms with Gasteiger partial charge >= 0.3 is 11.9 Å². The monoisotopic (exact) mass is 597 g/mol. The van der Waals surface area contributed by atoms with Crippen molar-refractivity contribution in [1.29, 1.82) is 0 Å². The van der Waals surface area contributed by atoms with Gasteiger partial charge < -0.3 is 20.0 Å². The molecule has 2 N–H and O–H groups in total. The predicted octanol–water partition coefficient (Wildman–Crippen LogP) is 6.43. The number of carbonyl (C=O) groups is 2. The van der Waals surface area contributed by atoms with E-state index in [-0.39, 0.29) is 40.8 Å². The Morgan fingerprint density at radius 1 is 0.886 bits per heavy atom. The Hall–Kier alpha value is -4.76. The number of nitrogens with zero attached hydrogens (tertiary/aromatic N) is 3. The van der Waals surface area contributed by atoms with Gasteiger partial charge in [0, 0.05) is 42.5 Å². The number of hydrogen-bond acceptors (Lipinski definition) is 6. The minimum atomic E-state index is -1.64. The van der Waals surface area contributed by atoms with Gasteiger partial charge in [0.15, 0.2) is 0 Å². The molecular formula is C35H39N3O6. The van der Waals surface area contributed by atoms with Crippen LogP contribution in [0.4, 0.5) is 5.69 Å². The Morgan fingerprint density at radius 3 is 1.84 bits per heavy atom. The normalized spacial score (nSPS) is 15.6. The molecule has 9 heteroatoms. The van der Waals surface area contributed by atoms with Gasteiger partial charge in [0.25, 0.3) is 5.69 Å². The molecule has 0 saturated heterocycles. The van der Waals surface area contributed by atoms with Crippen LogP contribution in [0.2, 0.25) is 0 Å². The SMILES string of the molecule is CC1=C(C(=O)O)C(CCN(C)C(C)CC(c2ccccc2)c2ccccc2)(c2cccc([N+](=O)[O-])c2)C(C(=O)O)=C(C)N1C. The predicted molar refractivity (Wildman–Crippen MR) is 169 cm³/mol. The van der Waals surface area contributed by atoms with Crippen molar-refractivity contribution >= 4 is 17.6 Å². The third-order valence-corrected chi connectivity index (χ3v) is 9.13. The van der Waals surface area contributed by atoms with Crippen molar-refractivity contribution in [2.75, 3.05) is 20.6 Å². The summed E-state index contributed by atoms with van der Waals surface area (Å²) in [5.41, 5.74) is 1.32. The van der Waals surface area contributed by atoms with E-state index in [0.717, 1.165) is 6.42 Å². The van der Waals surface area contributed by atoms with Crippen molar-refractivity contribution in [1.82, 2.24) is 9.80 Å². The maximum atomic E-state index is 13.0. The van der Waals surface area contributed by atoms with E-state index < -0.39 is 22.3 Å². The van der Waals surface area contributed by atoms with Crippen molar-refractivity contribution in [3.8, 4) is 0 Å². The van der Waals surface area contributed by atoms with Gasteiger partial charge in [0.1, 0.15) is 0 Å². The number of non-ortho nitro benzene ring substituents is 1. The van der Waals surface area contributed by atoms with Crippen molar-refractivity contribution in [3.05, 3.63) is 134 Å². The smallest absolute Gasteiger partial charge is 0.334 e. The molecule has 4 rings (SSSR count). The molecule has 0 aliphatic carbocycles. The number of nitro groups is 1. The molecule has 0 radical (unpaired) electrons. The lowest BCUT2D eigenvalue weighted by Gasteiger charge is -2.44. The fraction of sp³-hybridized carbons (Fsp3) is 0.314. The molecule has 1 aliphatic heterocycles. The second-order valence-electron chi connectivity index (χ2n) is 11.5. The van der Waals surface area contributed by atoms with Crippen molar-refractivity contribution in [2.24, 2.45) is 0 Å². The summed E-state index contributed by atoms with van der Waals surface area (Å²) in [5, 5.41) is 32.9. The van der Waals surface area contributed by atoms with Gasteiger partial charge in [-0.05, 0) is 63.9 Å². The number of hydrogen-bond donors (Lipinski definition) is 2. The minimum absolute atomic E-state index is 0.0190. The Bertz CT molecular complexity index is 1520. The summed E-state index contributed by atoms with van der Waals surface area (Å²) in [6, 6.07) is 26.2. The second kappa shape index (κ2) is 13.3. The minimum Gasteiger partial charge on any atom is -0.478 e. The van der Waals surface area contributed by atoms with Crippen LogP contribution in [0.15, 0.2) is 107 Å². The molecule has 1 unspecified atom stereocenters. The van der Waals surface area contributed by atoms with Crippen LogP contribution in [-0.2, 0) is 15.0 Å². The van der Waals surface area contributed by atoms with E-state index in [1.807, 2.05) is 43.4 Å². The number of nitro benzene ring substituents is 1. The molecule has 0 spiro atoms. The lowest BCUT2D eigenvalue weighted by molar-refractivity contribution is -0.385. The molecule has 3 aromatic rings. The highest BCUT2D eigenvalue weighted by Gasteiger charge is 2.51. The maximum absolute atomic E-state index is 13.0. The third-order valence-electron chi connectivity index (χ3n) is 9.13. The standard InChI is InChI=1S/C35H39N3O6/c1-23(21-30(26-13-8-6-9-14-26)27-15-10-7-11-16-27)36(4)20-19-35(28-17-12-18-29(22-28)38(43)44)31(33(39)40)24(2)37(5)25(3)32(35)34(41)42/h6-18,22-23,30H,19-21H2,1-5H3,(H,39,40)(H,41,42). The number of allylic oxidation sites excluding steroid dienone is 2. The lowest BCUT2D eigenvalue weighted by atomic mass is 9.63. The fourth-order valence-corrected chi connectivity index (χ4v) is 6.49. The third kappa shape index (κ3) is 6.14. The first-order valence-electron chi connectivity index (χ1n) is 14.6. The molecule has 230 valence electrons. The largest absolute Gasteiger partial charge is 0.478 e. The molecule has 1 aliphatic rings. The van der Waals surface area contributed by atoms with Crippen molar-refractivity contribution < 1.29 is 24.7 Å². The first kappa shape index (κ1) is 32.2. The molecule has 0 aromatic heterocycles. The van der Waals surface area contributed by atoms with Gasteiger partial charge in [-0.15, -0.1) is 0 Å². The molecule has 0 fully saturated rings. The first-order valence-corrected chi connectivity index (χ1v) is 14.6. The summed E-state index contributed by atoms with van der Waals surface area (Å²) in [6.07, 6.45) is 0.848. The van der Waals surface area contributed by atoms with E-state index in [1.165, 1.54) is 29.3 Å². The Kier molecular flexibility index (Phi) is 9.69. The van der Waals surface area contributed by atoms with E-state index in [0.29, 0.717) is 17.9 Å². The first-order chi connectivity index (χ1) is 20.9. The lowest BCUT2D eigenvalue weighted by Crippen LogP contribution is -2.47. The van der Waals surface area contributed by atoms with E-state index >= 15 is 0 Å². The summed E-state index contributed by atoms with van der Waals surface area (Å²) >= 11 is 0. The molecule has 1 heterocycles. The van der Waals surface area contributed by atoms with E-state index in [4.69, 9.17) is 0 Å². The van der Waals surface area contributed by atoms with Gasteiger partial charge in [-0.2, -0.15) is 0 Å². The average molecular weight is 598 g/mol. The molecule has 1 atom stereocenters. The van der Waals surface area contributed by atoms with Crippen LogP contribution in [0.3, 0.4) is 0 Å². The average Bonchev–Trinajstić information content (AvgIpc) is 3.01. The molecular weight excluding hydrogens is 558 g/mol. The Labute approximate surface area is 257 Å². The number of benzene rings is 3. The van der Waals surface area contributed by atoms with Crippen LogP contribution in [0, 0.1) is 10.1 Å². The second-order valence-corrected chi connectivity index (χ2v) is 11.5. The maximum Gasteiger partial charge on any atom is 0.334 e. The zero-order chi connectivity index (χ0) is 32.2. The Balaban J connectivity index is 1.78. The summed E-state index contributed by atoms with van der Waals surface area (Å²) in [4.78, 5) is 40.9. The molecule has 44 heavy (non-hydrogen) atoms. The van der Waals surface area contributed by atoms with Crippen molar-refractivity contribution in [3.63, 3.8) is 0 Å². The van der Waals surface area contributed by atoms with Crippen LogP contribution < -0.4 is 0 Å². The summed E-state index contributed by atoms with van der Waals surface area (Å²) in [7, 11) is 3.58. The summed E-state index contributed by atoms with van der Waals surface area (Å²) in [5.74, 6) is -2.43. The quantitative estimate of drug-likeness (QED) is 0.181. The van der Waals surface area contributed by atoms with Crippen LogP contribution in [0.1, 0.15) is 56.2 Å². The highest BCUT2D eigenvalue weighted by molar-refractivity contribution is 6.00. The molecule has 0 saturated carbocycles. The van der Waals surface area contributed by atoms with Crippen LogP contribution in [-0.4, -0.2) is 63.6 Å². The number of rotatable bonds is 12. The van der Waals surface area contributed by atoms with Crippen LogP contribution >= 0.6 is 0 Å². The van der Waals surface area contributed by atoms with E-state index in [1.54, 1.807) is 31.9 Å².